The van der Waals surface area contributed by atoms with Crippen molar-refractivity contribution in [3.05, 3.63) is 0 Å². The lowest BCUT2D eigenvalue weighted by atomic mass is 9.82. The number of carbonyl (C=O) groups excluding carboxylic acids is 2. The first-order valence-corrected chi connectivity index (χ1v) is 4.13. The molecule has 2 nitrogen and oxygen atoms in total. The highest BCUT2D eigenvalue weighted by atomic mass is 16.2. The molecule has 0 aromatic rings. The lowest BCUT2D eigenvalue weighted by molar-refractivity contribution is -0.138. The molecule has 60 valence electrons. The fourth-order valence-corrected chi connectivity index (χ4v) is 2.60. The second-order valence-corrected chi connectivity index (χ2v) is 4.23. The number of rotatable bonds is 0. The Hall–Kier alpha value is -0.660. The van der Waals surface area contributed by atoms with Crippen LogP contribution in [0.2, 0.25) is 0 Å². The molecule has 2 rings (SSSR count). The molecule has 0 spiro atoms. The Bertz CT molecular complexity index is 216. The molecule has 2 bridgehead atoms. The molecule has 0 saturated heterocycles. The molecule has 2 heteroatoms. The zero-order valence-corrected chi connectivity index (χ0v) is 6.89. The molecule has 0 radical (unpaired) electrons. The van der Waals surface area contributed by atoms with Gasteiger partial charge < -0.3 is 0 Å². The Kier molecular flexibility index (Phi) is 1.11. The van der Waals surface area contributed by atoms with Gasteiger partial charge in [-0.3, -0.25) is 9.59 Å². The Morgan fingerprint density at radius 3 is 1.64 bits per heavy atom. The van der Waals surface area contributed by atoms with Crippen molar-refractivity contribution in [3.8, 4) is 0 Å². The monoisotopic (exact) mass is 152 g/mol. The molecule has 2 atom stereocenters. The SMILES string of the molecule is CC1(C)C2CC[C@@H]1C(=O)C2=O. The fourth-order valence-electron chi connectivity index (χ4n) is 2.60. The summed E-state index contributed by atoms with van der Waals surface area (Å²) in [6, 6.07) is 0. The van der Waals surface area contributed by atoms with Crippen LogP contribution in [0.25, 0.3) is 0 Å². The van der Waals surface area contributed by atoms with Crippen LogP contribution in [0.3, 0.4) is 0 Å². The Morgan fingerprint density at radius 1 is 1.09 bits per heavy atom. The summed E-state index contributed by atoms with van der Waals surface area (Å²) in [4.78, 5) is 22.5. The molecule has 0 amide bonds. The van der Waals surface area contributed by atoms with Crippen molar-refractivity contribution in [2.24, 2.45) is 17.3 Å². The van der Waals surface area contributed by atoms with E-state index >= 15 is 0 Å². The fraction of sp³-hybridized carbons (Fsp3) is 0.778. The number of fused-ring (bicyclic) bond motifs is 2. The molecular formula is C9H12O2. The van der Waals surface area contributed by atoms with E-state index < -0.39 is 0 Å². The number of carbonyl (C=O) groups is 2. The summed E-state index contributed by atoms with van der Waals surface area (Å²) in [7, 11) is 0. The van der Waals surface area contributed by atoms with E-state index in [4.69, 9.17) is 0 Å². The van der Waals surface area contributed by atoms with E-state index in [1.807, 2.05) is 13.8 Å². The van der Waals surface area contributed by atoms with Gasteiger partial charge in [-0.1, -0.05) is 13.8 Å². The minimum Gasteiger partial charge on any atom is -0.291 e. The van der Waals surface area contributed by atoms with Crippen LogP contribution in [-0.2, 0) is 9.59 Å². The van der Waals surface area contributed by atoms with E-state index in [2.05, 4.69) is 0 Å². The highest BCUT2D eigenvalue weighted by Crippen LogP contribution is 2.53. The minimum absolute atomic E-state index is 0.0336. The molecular weight excluding hydrogens is 140 g/mol. The Morgan fingerprint density at radius 2 is 1.45 bits per heavy atom. The van der Waals surface area contributed by atoms with Gasteiger partial charge in [-0.15, -0.1) is 0 Å². The van der Waals surface area contributed by atoms with Crippen molar-refractivity contribution < 1.29 is 9.59 Å². The summed E-state index contributed by atoms with van der Waals surface area (Å²) < 4.78 is 0. The largest absolute Gasteiger partial charge is 0.291 e. The molecule has 0 heterocycles. The lowest BCUT2D eigenvalue weighted by Gasteiger charge is -2.20. The van der Waals surface area contributed by atoms with Gasteiger partial charge >= 0.3 is 0 Å². The predicted octanol–water partition coefficient (Wildman–Crippen LogP) is 1.19. The van der Waals surface area contributed by atoms with Crippen LogP contribution in [0.4, 0.5) is 0 Å². The van der Waals surface area contributed by atoms with Crippen molar-refractivity contribution in [3.63, 3.8) is 0 Å². The molecule has 2 aliphatic carbocycles. The summed E-state index contributed by atoms with van der Waals surface area (Å²) in [6.45, 7) is 4.08. The van der Waals surface area contributed by atoms with E-state index in [9.17, 15) is 9.59 Å². The van der Waals surface area contributed by atoms with E-state index in [0.717, 1.165) is 12.8 Å². The van der Waals surface area contributed by atoms with Gasteiger partial charge in [-0.05, 0) is 18.3 Å². The molecule has 2 fully saturated rings. The van der Waals surface area contributed by atoms with Crippen molar-refractivity contribution >= 4 is 11.6 Å². The van der Waals surface area contributed by atoms with E-state index in [1.54, 1.807) is 0 Å². The molecule has 0 aromatic heterocycles. The summed E-state index contributed by atoms with van der Waals surface area (Å²) in [5.74, 6) is -0.127. The Labute approximate surface area is 66.0 Å². The summed E-state index contributed by atoms with van der Waals surface area (Å²) >= 11 is 0. The standard InChI is InChI=1S/C9H12O2/c1-9(2)5-3-4-6(9)8(11)7(5)10/h5-6H,3-4H2,1-2H3/t5-,6?/m1/s1. The molecule has 11 heavy (non-hydrogen) atoms. The van der Waals surface area contributed by atoms with Gasteiger partial charge in [-0.2, -0.15) is 0 Å². The smallest absolute Gasteiger partial charge is 0.202 e. The highest BCUT2D eigenvalue weighted by molar-refractivity contribution is 6.41. The zero-order valence-electron chi connectivity index (χ0n) is 6.89. The van der Waals surface area contributed by atoms with E-state index in [1.165, 1.54) is 0 Å². The van der Waals surface area contributed by atoms with Gasteiger partial charge in [0.2, 0.25) is 11.6 Å². The van der Waals surface area contributed by atoms with Crippen LogP contribution >= 0.6 is 0 Å². The van der Waals surface area contributed by atoms with Gasteiger partial charge in [0.05, 0.1) is 0 Å². The van der Waals surface area contributed by atoms with Crippen LogP contribution < -0.4 is 0 Å². The van der Waals surface area contributed by atoms with Gasteiger partial charge in [-0.25, -0.2) is 0 Å². The number of ketones is 2. The normalized spacial score (nSPS) is 40.2. The van der Waals surface area contributed by atoms with E-state index in [0.29, 0.717) is 0 Å². The molecule has 0 N–H and O–H groups in total. The van der Waals surface area contributed by atoms with Gasteiger partial charge in [0, 0.05) is 11.8 Å². The van der Waals surface area contributed by atoms with Crippen molar-refractivity contribution in [1.29, 1.82) is 0 Å². The van der Waals surface area contributed by atoms with Crippen LogP contribution in [0, 0.1) is 17.3 Å². The maximum atomic E-state index is 11.2. The zero-order chi connectivity index (χ0) is 8.22. The predicted molar refractivity (Wildman–Crippen MR) is 40.0 cm³/mol. The third kappa shape index (κ3) is 0.627. The average molecular weight is 152 g/mol. The maximum absolute atomic E-state index is 11.2. The quantitative estimate of drug-likeness (QED) is 0.488. The molecule has 2 aliphatic rings. The second-order valence-electron chi connectivity index (χ2n) is 4.23. The average Bonchev–Trinajstić information content (AvgIpc) is 2.27. The first-order chi connectivity index (χ1) is 5.05. The van der Waals surface area contributed by atoms with Crippen molar-refractivity contribution in [2.45, 2.75) is 26.7 Å². The first kappa shape index (κ1) is 7.01. The molecule has 2 saturated carbocycles. The Balaban J connectivity index is 2.46. The van der Waals surface area contributed by atoms with E-state index in [-0.39, 0.29) is 28.8 Å². The van der Waals surface area contributed by atoms with Gasteiger partial charge in [0.25, 0.3) is 0 Å². The number of Topliss-reactive ketones (excluding diaryl/α,β-unsaturated/α-hetero) is 2. The topological polar surface area (TPSA) is 34.1 Å². The van der Waals surface area contributed by atoms with Crippen LogP contribution in [0.5, 0.6) is 0 Å². The minimum atomic E-state index is -0.105. The third-order valence-corrected chi connectivity index (χ3v) is 3.42. The van der Waals surface area contributed by atoms with Crippen molar-refractivity contribution in [1.82, 2.24) is 0 Å². The van der Waals surface area contributed by atoms with Crippen LogP contribution in [0.1, 0.15) is 26.7 Å². The summed E-state index contributed by atoms with van der Waals surface area (Å²) in [6.07, 6.45) is 1.87. The van der Waals surface area contributed by atoms with Gasteiger partial charge in [0.1, 0.15) is 0 Å². The van der Waals surface area contributed by atoms with Gasteiger partial charge in [0.15, 0.2) is 0 Å². The number of hydrogen-bond donors (Lipinski definition) is 0. The maximum Gasteiger partial charge on any atom is 0.202 e. The van der Waals surface area contributed by atoms with Crippen LogP contribution in [-0.4, -0.2) is 11.6 Å². The molecule has 0 aliphatic heterocycles. The number of hydrogen-bond acceptors (Lipinski definition) is 2. The van der Waals surface area contributed by atoms with Crippen LogP contribution in [0.15, 0.2) is 0 Å². The second kappa shape index (κ2) is 1.74. The summed E-state index contributed by atoms with van der Waals surface area (Å²) in [5.41, 5.74) is -0.0336. The molecule has 0 aromatic carbocycles. The highest BCUT2D eigenvalue weighted by Gasteiger charge is 2.58. The lowest BCUT2D eigenvalue weighted by Crippen LogP contribution is -2.20. The first-order valence-electron chi connectivity index (χ1n) is 4.13. The molecule has 1 unspecified atom stereocenters. The van der Waals surface area contributed by atoms with Crippen molar-refractivity contribution in [2.75, 3.05) is 0 Å². The summed E-state index contributed by atoms with van der Waals surface area (Å²) in [5, 5.41) is 0. The third-order valence-electron chi connectivity index (χ3n) is 3.42.